The van der Waals surface area contributed by atoms with Crippen LogP contribution in [0.2, 0.25) is 5.02 Å². The molecule has 3 rings (SSSR count). The lowest BCUT2D eigenvalue weighted by atomic mass is 10.2. The van der Waals surface area contributed by atoms with E-state index < -0.39 is 17.5 Å². The van der Waals surface area contributed by atoms with E-state index in [-0.39, 0.29) is 16.7 Å². The molecule has 0 unspecified atom stereocenters. The summed E-state index contributed by atoms with van der Waals surface area (Å²) < 4.78 is 26.5. The molecule has 0 aliphatic rings. The highest BCUT2D eigenvalue weighted by Crippen LogP contribution is 2.20. The van der Waals surface area contributed by atoms with E-state index in [1.54, 1.807) is 19.1 Å². The van der Waals surface area contributed by atoms with Crippen LogP contribution in [-0.4, -0.2) is 15.9 Å². The number of halogens is 3. The quantitative estimate of drug-likeness (QED) is 0.694. The Morgan fingerprint density at radius 2 is 1.85 bits per heavy atom. The fraction of sp³-hybridized carbons (Fsp3) is 0.0556. The highest BCUT2D eigenvalue weighted by molar-refractivity contribution is 6.31. The molecule has 2 aromatic carbocycles. The molecule has 0 spiro atoms. The first-order chi connectivity index (χ1) is 12.4. The molecule has 1 aromatic heterocycles. The van der Waals surface area contributed by atoms with Crippen molar-refractivity contribution in [3.05, 3.63) is 76.6 Å². The smallest absolute Gasteiger partial charge is 0.274 e. The number of carbonyl (C=O) groups is 1. The zero-order chi connectivity index (χ0) is 18.7. The Kier molecular flexibility index (Phi) is 5.09. The molecule has 8 heteroatoms. The third-order valence-electron chi connectivity index (χ3n) is 3.35. The van der Waals surface area contributed by atoms with Crippen LogP contribution < -0.4 is 10.6 Å². The zero-order valence-electron chi connectivity index (χ0n) is 13.6. The van der Waals surface area contributed by atoms with E-state index in [0.717, 1.165) is 6.07 Å². The molecule has 0 saturated carbocycles. The van der Waals surface area contributed by atoms with Crippen LogP contribution in [0.15, 0.2) is 48.5 Å². The first-order valence-corrected chi connectivity index (χ1v) is 7.93. The Morgan fingerprint density at radius 3 is 2.58 bits per heavy atom. The van der Waals surface area contributed by atoms with E-state index in [1.807, 2.05) is 0 Å². The summed E-state index contributed by atoms with van der Waals surface area (Å²) in [5.41, 5.74) is 1.42. The second-order valence-electron chi connectivity index (χ2n) is 5.44. The molecule has 2 N–H and O–H groups in total. The molecule has 3 aromatic rings. The lowest BCUT2D eigenvalue weighted by Crippen LogP contribution is -2.15. The van der Waals surface area contributed by atoms with Gasteiger partial charge in [-0.3, -0.25) is 4.79 Å². The van der Waals surface area contributed by atoms with Crippen LogP contribution in [0.5, 0.6) is 0 Å². The van der Waals surface area contributed by atoms with Crippen LogP contribution in [0.4, 0.5) is 26.1 Å². The maximum absolute atomic E-state index is 13.3. The van der Waals surface area contributed by atoms with Gasteiger partial charge in [0.05, 0.1) is 5.02 Å². The van der Waals surface area contributed by atoms with Crippen molar-refractivity contribution in [1.82, 2.24) is 9.97 Å². The Bertz CT molecular complexity index is 981. The minimum absolute atomic E-state index is 0.0943. The minimum atomic E-state index is -0.580. The van der Waals surface area contributed by atoms with Crippen molar-refractivity contribution in [2.24, 2.45) is 0 Å². The molecular formula is C18H13ClF2N4O. The minimum Gasteiger partial charge on any atom is -0.324 e. The summed E-state index contributed by atoms with van der Waals surface area (Å²) >= 11 is 5.70. The predicted molar refractivity (Wildman–Crippen MR) is 95.8 cm³/mol. The normalized spacial score (nSPS) is 10.5. The lowest BCUT2D eigenvalue weighted by molar-refractivity contribution is 0.102. The number of hydrogen-bond donors (Lipinski definition) is 2. The number of aromatic nitrogens is 2. The molecule has 1 heterocycles. The van der Waals surface area contributed by atoms with Gasteiger partial charge in [0, 0.05) is 17.1 Å². The van der Waals surface area contributed by atoms with Crippen molar-refractivity contribution in [2.75, 3.05) is 10.6 Å². The number of amides is 1. The van der Waals surface area contributed by atoms with E-state index in [2.05, 4.69) is 20.6 Å². The van der Waals surface area contributed by atoms with Crippen LogP contribution in [0, 0.1) is 18.6 Å². The Morgan fingerprint density at radius 1 is 1.04 bits per heavy atom. The summed E-state index contributed by atoms with van der Waals surface area (Å²) in [6.07, 6.45) is 0. The van der Waals surface area contributed by atoms with Crippen LogP contribution in [0.25, 0.3) is 0 Å². The molecule has 5 nitrogen and oxygen atoms in total. The summed E-state index contributed by atoms with van der Waals surface area (Å²) in [5, 5.41) is 5.33. The first kappa shape index (κ1) is 17.8. The number of nitrogens with zero attached hydrogens (tertiary/aromatic N) is 2. The molecule has 0 atom stereocenters. The number of benzene rings is 2. The summed E-state index contributed by atoms with van der Waals surface area (Å²) in [4.78, 5) is 20.7. The average molecular weight is 375 g/mol. The molecular weight excluding hydrogens is 362 g/mol. The van der Waals surface area contributed by atoms with Crippen LogP contribution in [-0.2, 0) is 0 Å². The van der Waals surface area contributed by atoms with Gasteiger partial charge in [0.15, 0.2) is 0 Å². The standard InChI is InChI=1S/C18H13ClF2N4O/c1-10-7-16(17(26)23-13-5-6-15(21)14(19)9-13)25-18(22-10)24-12-4-2-3-11(20)8-12/h2-9H,1H3,(H,23,26)(H,22,24,25). The van der Waals surface area contributed by atoms with E-state index in [4.69, 9.17) is 11.6 Å². The SMILES string of the molecule is Cc1cc(C(=O)Nc2ccc(F)c(Cl)c2)nc(Nc2cccc(F)c2)n1. The highest BCUT2D eigenvalue weighted by atomic mass is 35.5. The molecule has 26 heavy (non-hydrogen) atoms. The van der Waals surface area contributed by atoms with Gasteiger partial charge < -0.3 is 10.6 Å². The number of hydrogen-bond acceptors (Lipinski definition) is 4. The molecule has 0 fully saturated rings. The van der Waals surface area contributed by atoms with E-state index >= 15 is 0 Å². The van der Waals surface area contributed by atoms with Gasteiger partial charge in [-0.1, -0.05) is 17.7 Å². The molecule has 0 aliphatic heterocycles. The maximum atomic E-state index is 13.3. The first-order valence-electron chi connectivity index (χ1n) is 7.55. The van der Waals surface area contributed by atoms with Gasteiger partial charge in [-0.15, -0.1) is 0 Å². The summed E-state index contributed by atoms with van der Waals surface area (Å²) in [6, 6.07) is 11.1. The van der Waals surface area contributed by atoms with Crippen molar-refractivity contribution in [3.63, 3.8) is 0 Å². The van der Waals surface area contributed by atoms with Gasteiger partial charge in [0.25, 0.3) is 5.91 Å². The van der Waals surface area contributed by atoms with Crippen molar-refractivity contribution >= 4 is 34.8 Å². The zero-order valence-corrected chi connectivity index (χ0v) is 14.3. The molecule has 0 aliphatic carbocycles. The summed E-state index contributed by atoms with van der Waals surface area (Å²) in [5.74, 6) is -1.35. The third kappa shape index (κ3) is 4.31. The maximum Gasteiger partial charge on any atom is 0.274 e. The number of aryl methyl sites for hydroxylation is 1. The van der Waals surface area contributed by atoms with Crippen LogP contribution in [0.1, 0.15) is 16.2 Å². The summed E-state index contributed by atoms with van der Waals surface area (Å²) in [7, 11) is 0. The largest absolute Gasteiger partial charge is 0.324 e. The molecule has 0 saturated heterocycles. The van der Waals surface area contributed by atoms with Crippen molar-refractivity contribution < 1.29 is 13.6 Å². The van der Waals surface area contributed by atoms with Gasteiger partial charge in [0.2, 0.25) is 5.95 Å². The Hall–Kier alpha value is -3.06. The van der Waals surface area contributed by atoms with E-state index in [0.29, 0.717) is 17.1 Å². The monoisotopic (exact) mass is 374 g/mol. The topological polar surface area (TPSA) is 66.9 Å². The third-order valence-corrected chi connectivity index (χ3v) is 3.63. The van der Waals surface area contributed by atoms with Gasteiger partial charge in [-0.25, -0.2) is 18.7 Å². The van der Waals surface area contributed by atoms with Crippen LogP contribution in [0.3, 0.4) is 0 Å². The van der Waals surface area contributed by atoms with Crippen molar-refractivity contribution in [2.45, 2.75) is 6.92 Å². The van der Waals surface area contributed by atoms with E-state index in [1.165, 1.54) is 30.3 Å². The molecule has 0 radical (unpaired) electrons. The van der Waals surface area contributed by atoms with Gasteiger partial charge >= 0.3 is 0 Å². The van der Waals surface area contributed by atoms with Gasteiger partial charge in [-0.2, -0.15) is 0 Å². The van der Waals surface area contributed by atoms with Crippen LogP contribution >= 0.6 is 11.6 Å². The number of rotatable bonds is 4. The van der Waals surface area contributed by atoms with Crippen molar-refractivity contribution in [1.29, 1.82) is 0 Å². The fourth-order valence-corrected chi connectivity index (χ4v) is 2.39. The van der Waals surface area contributed by atoms with E-state index in [9.17, 15) is 13.6 Å². The Balaban J connectivity index is 1.82. The van der Waals surface area contributed by atoms with Gasteiger partial charge in [0.1, 0.15) is 17.3 Å². The lowest BCUT2D eigenvalue weighted by Gasteiger charge is -2.09. The Labute approximate surface area is 153 Å². The molecule has 1 amide bonds. The predicted octanol–water partition coefficient (Wildman–Crippen LogP) is 4.71. The second kappa shape index (κ2) is 7.45. The molecule has 132 valence electrons. The highest BCUT2D eigenvalue weighted by Gasteiger charge is 2.12. The number of anilines is 3. The van der Waals surface area contributed by atoms with Crippen molar-refractivity contribution in [3.8, 4) is 0 Å². The number of nitrogens with one attached hydrogen (secondary N) is 2. The van der Waals surface area contributed by atoms with Gasteiger partial charge in [-0.05, 0) is 49.4 Å². The molecule has 0 bridgehead atoms. The second-order valence-corrected chi connectivity index (χ2v) is 5.84. The fourth-order valence-electron chi connectivity index (χ4n) is 2.21. The summed E-state index contributed by atoms with van der Waals surface area (Å²) in [6.45, 7) is 1.70. The average Bonchev–Trinajstić information content (AvgIpc) is 2.57. The number of carbonyl (C=O) groups excluding carboxylic acids is 1.